The van der Waals surface area contributed by atoms with Crippen LogP contribution in [-0.4, -0.2) is 52.7 Å². The van der Waals surface area contributed by atoms with E-state index in [4.69, 9.17) is 0 Å². The van der Waals surface area contributed by atoms with Crippen LogP contribution < -0.4 is 4.90 Å². The summed E-state index contributed by atoms with van der Waals surface area (Å²) in [5, 5.41) is 11.2. The van der Waals surface area contributed by atoms with Crippen molar-refractivity contribution in [2.24, 2.45) is 5.92 Å². The number of hydrogen-bond donors (Lipinski definition) is 0. The number of hydrogen-bond acceptors (Lipinski definition) is 6. The number of nitro groups is 1. The Morgan fingerprint density at radius 1 is 1.06 bits per heavy atom. The maximum absolute atomic E-state index is 13.3. The molecule has 0 atom stereocenters. The van der Waals surface area contributed by atoms with Crippen molar-refractivity contribution in [1.29, 1.82) is 0 Å². The highest BCUT2D eigenvalue weighted by Gasteiger charge is 2.27. The molecule has 0 saturated carbocycles. The van der Waals surface area contributed by atoms with Crippen molar-refractivity contribution < 1.29 is 18.9 Å². The minimum atomic E-state index is -0.525. The number of Topliss-reactive ketones (excluding diaryl/α,β-unsaturated/α-hetero) is 1. The van der Waals surface area contributed by atoms with E-state index in [1.165, 1.54) is 42.5 Å². The van der Waals surface area contributed by atoms with Crippen molar-refractivity contribution in [3.63, 3.8) is 0 Å². The van der Waals surface area contributed by atoms with Crippen molar-refractivity contribution in [3.05, 3.63) is 100 Å². The average molecular weight is 477 g/mol. The topological polar surface area (TPSA) is 96.7 Å². The third kappa shape index (κ3) is 5.93. The number of piperidine rings is 1. The number of nitro benzene ring substituents is 1. The summed E-state index contributed by atoms with van der Waals surface area (Å²) < 4.78 is 13.2. The Kier molecular flexibility index (Phi) is 7.57. The van der Waals surface area contributed by atoms with Gasteiger partial charge in [-0.15, -0.1) is 0 Å². The van der Waals surface area contributed by atoms with Gasteiger partial charge in [-0.1, -0.05) is 6.07 Å². The monoisotopic (exact) mass is 476 g/mol. The number of benzene rings is 2. The minimum absolute atomic E-state index is 0.0301. The summed E-state index contributed by atoms with van der Waals surface area (Å²) in [6.45, 7) is 2.34. The van der Waals surface area contributed by atoms with Gasteiger partial charge < -0.3 is 9.80 Å². The molecular weight excluding hydrogens is 451 g/mol. The van der Waals surface area contributed by atoms with Crippen LogP contribution in [0.1, 0.15) is 33.6 Å². The molecule has 0 unspecified atom stereocenters. The number of carbonyl (C=O) groups is 2. The zero-order chi connectivity index (χ0) is 24.8. The quantitative estimate of drug-likeness (QED) is 0.272. The van der Waals surface area contributed by atoms with Crippen molar-refractivity contribution in [2.45, 2.75) is 12.8 Å². The lowest BCUT2D eigenvalue weighted by atomic mass is 9.89. The largest absolute Gasteiger partial charge is 0.306 e. The predicted octanol–water partition coefficient (Wildman–Crippen LogP) is 4.37. The van der Waals surface area contributed by atoms with Crippen LogP contribution >= 0.6 is 0 Å². The number of aromatic nitrogens is 1. The highest BCUT2D eigenvalue weighted by atomic mass is 19.1. The highest BCUT2D eigenvalue weighted by Crippen LogP contribution is 2.23. The molecule has 1 amide bonds. The van der Waals surface area contributed by atoms with Crippen molar-refractivity contribution in [3.8, 4) is 0 Å². The first-order valence-corrected chi connectivity index (χ1v) is 11.4. The van der Waals surface area contributed by atoms with Crippen LogP contribution in [0, 0.1) is 21.8 Å². The van der Waals surface area contributed by atoms with E-state index in [9.17, 15) is 24.1 Å². The summed E-state index contributed by atoms with van der Waals surface area (Å²) in [7, 11) is 0. The minimum Gasteiger partial charge on any atom is -0.306 e. The van der Waals surface area contributed by atoms with E-state index in [2.05, 4.69) is 9.88 Å². The molecule has 3 aromatic rings. The van der Waals surface area contributed by atoms with Crippen LogP contribution in [0.15, 0.2) is 73.1 Å². The number of amides is 1. The fourth-order valence-corrected chi connectivity index (χ4v) is 4.28. The zero-order valence-electron chi connectivity index (χ0n) is 19.0. The van der Waals surface area contributed by atoms with Crippen LogP contribution in [0.5, 0.6) is 0 Å². The van der Waals surface area contributed by atoms with E-state index in [0.29, 0.717) is 50.3 Å². The lowest BCUT2D eigenvalue weighted by Gasteiger charge is -2.33. The first-order chi connectivity index (χ1) is 16.9. The number of anilines is 1. The van der Waals surface area contributed by atoms with Crippen LogP contribution in [0.3, 0.4) is 0 Å². The molecule has 0 spiro atoms. The predicted molar refractivity (Wildman–Crippen MR) is 129 cm³/mol. The molecule has 180 valence electrons. The summed E-state index contributed by atoms with van der Waals surface area (Å²) in [5.41, 5.74) is 1.21. The van der Waals surface area contributed by atoms with Gasteiger partial charge in [0.15, 0.2) is 5.78 Å². The maximum Gasteiger partial charge on any atom is 0.270 e. The molecule has 0 N–H and O–H groups in total. The Morgan fingerprint density at radius 3 is 2.46 bits per heavy atom. The first kappa shape index (κ1) is 24.2. The molecule has 1 saturated heterocycles. The molecule has 9 heteroatoms. The van der Waals surface area contributed by atoms with Gasteiger partial charge in [0.05, 0.1) is 16.8 Å². The van der Waals surface area contributed by atoms with Gasteiger partial charge in [0, 0.05) is 48.5 Å². The van der Waals surface area contributed by atoms with Crippen molar-refractivity contribution in [2.75, 3.05) is 31.1 Å². The summed E-state index contributed by atoms with van der Waals surface area (Å²) >= 11 is 0. The molecular formula is C26H25FN4O4. The third-order valence-electron chi connectivity index (χ3n) is 6.23. The Bertz CT molecular complexity index is 1200. The molecule has 35 heavy (non-hydrogen) atoms. The molecule has 2 aromatic carbocycles. The van der Waals surface area contributed by atoms with Gasteiger partial charge >= 0.3 is 0 Å². The van der Waals surface area contributed by atoms with Gasteiger partial charge in [-0.25, -0.2) is 4.39 Å². The average Bonchev–Trinajstić information content (AvgIpc) is 2.90. The number of non-ortho nitro benzene ring substituents is 1. The maximum atomic E-state index is 13.3. The molecule has 8 nitrogen and oxygen atoms in total. The van der Waals surface area contributed by atoms with Gasteiger partial charge in [-0.3, -0.25) is 24.7 Å². The van der Waals surface area contributed by atoms with Crippen LogP contribution in [0.4, 0.5) is 15.8 Å². The molecule has 0 bridgehead atoms. The number of halogens is 1. The summed E-state index contributed by atoms with van der Waals surface area (Å²) in [4.78, 5) is 44.5. The Hall–Kier alpha value is -3.98. The van der Waals surface area contributed by atoms with E-state index < -0.39 is 4.92 Å². The van der Waals surface area contributed by atoms with Crippen molar-refractivity contribution >= 4 is 23.1 Å². The number of ketones is 1. The smallest absolute Gasteiger partial charge is 0.270 e. The van der Waals surface area contributed by atoms with Gasteiger partial charge in [0.1, 0.15) is 5.82 Å². The molecule has 2 heterocycles. The zero-order valence-corrected chi connectivity index (χ0v) is 19.0. The first-order valence-electron chi connectivity index (χ1n) is 11.4. The lowest BCUT2D eigenvalue weighted by molar-refractivity contribution is -0.384. The van der Waals surface area contributed by atoms with E-state index in [0.717, 1.165) is 0 Å². The SMILES string of the molecule is O=C(c1ccc(F)cc1)C1CCN(CCN(C(=O)c2cccc([N+](=O)[O-])c2)c2cccnc2)CC1. The molecule has 1 aromatic heterocycles. The highest BCUT2D eigenvalue weighted by molar-refractivity contribution is 6.06. The number of likely N-dealkylation sites (tertiary alicyclic amines) is 1. The normalized spacial score (nSPS) is 14.4. The Balaban J connectivity index is 1.40. The van der Waals surface area contributed by atoms with Gasteiger partial charge in [-0.05, 0) is 68.4 Å². The molecule has 0 radical (unpaired) electrons. The van der Waals surface area contributed by atoms with Crippen LogP contribution in [-0.2, 0) is 0 Å². The number of nitrogens with zero attached hydrogens (tertiary/aromatic N) is 4. The number of pyridine rings is 1. The fraction of sp³-hybridized carbons (Fsp3) is 0.269. The van der Waals surface area contributed by atoms with Gasteiger partial charge in [0.2, 0.25) is 0 Å². The Labute approximate surface area is 202 Å². The summed E-state index contributed by atoms with van der Waals surface area (Å²) in [5.74, 6) is -0.794. The lowest BCUT2D eigenvalue weighted by Crippen LogP contribution is -2.43. The van der Waals surface area contributed by atoms with Crippen molar-refractivity contribution in [1.82, 2.24) is 9.88 Å². The Morgan fingerprint density at radius 2 is 1.80 bits per heavy atom. The number of rotatable bonds is 8. The molecule has 1 fully saturated rings. The van der Waals surface area contributed by atoms with Gasteiger partial charge in [0.25, 0.3) is 11.6 Å². The molecule has 1 aliphatic rings. The second-order valence-electron chi connectivity index (χ2n) is 8.46. The van der Waals surface area contributed by atoms with Gasteiger partial charge in [-0.2, -0.15) is 0 Å². The van der Waals surface area contributed by atoms with Crippen LogP contribution in [0.25, 0.3) is 0 Å². The second kappa shape index (κ2) is 11.0. The standard InChI is InChI=1S/C26H25FN4O4/c27-22-8-6-19(7-9-22)25(32)20-10-13-29(14-11-20)15-16-30(24-5-2-12-28-18-24)26(33)21-3-1-4-23(17-21)31(34)35/h1-9,12,17-18,20H,10-11,13-16H2. The fourth-order valence-electron chi connectivity index (χ4n) is 4.28. The summed E-state index contributed by atoms with van der Waals surface area (Å²) in [6.07, 6.45) is 4.56. The third-order valence-corrected chi connectivity index (χ3v) is 6.23. The molecule has 0 aliphatic carbocycles. The molecule has 4 rings (SSSR count). The van der Waals surface area contributed by atoms with E-state index >= 15 is 0 Å². The van der Waals surface area contributed by atoms with E-state index in [1.54, 1.807) is 35.5 Å². The van der Waals surface area contributed by atoms with E-state index in [1.807, 2.05) is 0 Å². The van der Waals surface area contributed by atoms with E-state index in [-0.39, 0.29) is 34.7 Å². The van der Waals surface area contributed by atoms with Crippen LogP contribution in [0.2, 0.25) is 0 Å². The summed E-state index contributed by atoms with van der Waals surface area (Å²) in [6, 6.07) is 14.8. The molecule has 1 aliphatic heterocycles. The second-order valence-corrected chi connectivity index (χ2v) is 8.46. The number of carbonyl (C=O) groups excluding carboxylic acids is 2.